The molecule has 104 valence electrons. The van der Waals surface area contributed by atoms with Gasteiger partial charge in [0.15, 0.2) is 0 Å². The minimum Gasteiger partial charge on any atom is -0.309 e. The van der Waals surface area contributed by atoms with Crippen molar-refractivity contribution in [2.45, 2.75) is 26.3 Å². The summed E-state index contributed by atoms with van der Waals surface area (Å²) in [5.74, 6) is 0. The van der Waals surface area contributed by atoms with Gasteiger partial charge in [0.1, 0.15) is 0 Å². The zero-order valence-corrected chi connectivity index (χ0v) is 12.2. The van der Waals surface area contributed by atoms with Gasteiger partial charge in [0, 0.05) is 13.1 Å². The van der Waals surface area contributed by atoms with Gasteiger partial charge >= 0.3 is 0 Å². The normalized spacial score (nSPS) is 14.6. The second-order valence-electron chi connectivity index (χ2n) is 5.12. The van der Waals surface area contributed by atoms with E-state index in [1.807, 2.05) is 19.1 Å². The summed E-state index contributed by atoms with van der Waals surface area (Å²) in [7, 11) is 0. The van der Waals surface area contributed by atoms with Crippen LogP contribution in [0.1, 0.15) is 30.9 Å². The van der Waals surface area contributed by atoms with Gasteiger partial charge in [0.25, 0.3) is 0 Å². The summed E-state index contributed by atoms with van der Waals surface area (Å²) in [4.78, 5) is 0. The lowest BCUT2D eigenvalue weighted by Crippen LogP contribution is -2.17. The summed E-state index contributed by atoms with van der Waals surface area (Å²) in [6, 6.07) is 8.59. The van der Waals surface area contributed by atoms with Crippen molar-refractivity contribution in [2.75, 3.05) is 6.54 Å². The first-order valence-electron chi connectivity index (χ1n) is 7.26. The summed E-state index contributed by atoms with van der Waals surface area (Å²) in [5.41, 5.74) is 5.05. The molecule has 20 heavy (non-hydrogen) atoms. The molecule has 0 fully saturated rings. The molecule has 0 radical (unpaired) electrons. The van der Waals surface area contributed by atoms with E-state index in [-0.39, 0.29) is 0 Å². The van der Waals surface area contributed by atoms with E-state index in [2.05, 4.69) is 54.4 Å². The maximum absolute atomic E-state index is 4.09. The van der Waals surface area contributed by atoms with Crippen LogP contribution in [-0.4, -0.2) is 6.54 Å². The number of hydrogen-bond donors (Lipinski definition) is 1. The van der Waals surface area contributed by atoms with Crippen LogP contribution in [-0.2, 0) is 6.54 Å². The molecule has 0 amide bonds. The van der Waals surface area contributed by atoms with Crippen molar-refractivity contribution in [3.63, 3.8) is 0 Å². The third-order valence-electron chi connectivity index (χ3n) is 3.45. The molecule has 1 nitrogen and oxygen atoms in total. The van der Waals surface area contributed by atoms with Crippen LogP contribution in [0.25, 0.3) is 5.57 Å². The smallest absolute Gasteiger partial charge is 0.0208 e. The lowest BCUT2D eigenvalue weighted by atomic mass is 10.0. The van der Waals surface area contributed by atoms with E-state index < -0.39 is 0 Å². The maximum atomic E-state index is 4.09. The van der Waals surface area contributed by atoms with Gasteiger partial charge in [0.2, 0.25) is 0 Å². The van der Waals surface area contributed by atoms with Crippen LogP contribution in [0.3, 0.4) is 0 Å². The molecule has 1 aromatic rings. The average molecular weight is 265 g/mol. The molecule has 1 aliphatic rings. The molecule has 0 aliphatic heterocycles. The maximum Gasteiger partial charge on any atom is 0.0208 e. The van der Waals surface area contributed by atoms with Gasteiger partial charge in [-0.2, -0.15) is 0 Å². The molecular weight excluding hydrogens is 242 g/mol. The van der Waals surface area contributed by atoms with E-state index in [4.69, 9.17) is 0 Å². The summed E-state index contributed by atoms with van der Waals surface area (Å²) in [5, 5.41) is 3.52. The molecule has 0 heterocycles. The number of allylic oxidation sites excluding steroid dienone is 6. The van der Waals surface area contributed by atoms with Gasteiger partial charge in [-0.05, 0) is 42.5 Å². The van der Waals surface area contributed by atoms with E-state index in [0.717, 1.165) is 18.7 Å². The molecule has 0 spiro atoms. The fourth-order valence-electron chi connectivity index (χ4n) is 2.35. The van der Waals surface area contributed by atoms with Crippen LogP contribution in [0.15, 0.2) is 66.8 Å². The first kappa shape index (κ1) is 14.5. The van der Waals surface area contributed by atoms with Gasteiger partial charge in [0.05, 0.1) is 0 Å². The second kappa shape index (κ2) is 7.66. The van der Waals surface area contributed by atoms with Crippen LogP contribution in [0.2, 0.25) is 0 Å². The van der Waals surface area contributed by atoms with Crippen molar-refractivity contribution in [2.24, 2.45) is 0 Å². The molecular formula is C19H23N. The van der Waals surface area contributed by atoms with E-state index in [0.29, 0.717) is 0 Å². The molecule has 0 saturated heterocycles. The molecule has 2 rings (SSSR count). The molecule has 0 bridgehead atoms. The first-order valence-corrected chi connectivity index (χ1v) is 7.26. The summed E-state index contributed by atoms with van der Waals surface area (Å²) < 4.78 is 0. The van der Waals surface area contributed by atoms with Crippen molar-refractivity contribution < 1.29 is 0 Å². The highest BCUT2D eigenvalue weighted by Gasteiger charge is 2.01. The number of hydrogen-bond acceptors (Lipinski definition) is 1. The van der Waals surface area contributed by atoms with Gasteiger partial charge in [-0.1, -0.05) is 60.7 Å². The van der Waals surface area contributed by atoms with Crippen molar-refractivity contribution >= 4 is 5.57 Å². The Morgan fingerprint density at radius 1 is 1.35 bits per heavy atom. The zero-order chi connectivity index (χ0) is 14.2. The molecule has 1 aliphatic carbocycles. The monoisotopic (exact) mass is 265 g/mol. The molecule has 0 atom stereocenters. The topological polar surface area (TPSA) is 12.0 Å². The Morgan fingerprint density at radius 3 is 3.00 bits per heavy atom. The van der Waals surface area contributed by atoms with Crippen LogP contribution >= 0.6 is 0 Å². The highest BCUT2D eigenvalue weighted by molar-refractivity contribution is 5.72. The minimum atomic E-state index is 0.901. The Hall–Kier alpha value is -1.86. The zero-order valence-electron chi connectivity index (χ0n) is 12.2. The van der Waals surface area contributed by atoms with E-state index in [1.54, 1.807) is 0 Å². The summed E-state index contributed by atoms with van der Waals surface area (Å²) in [6.07, 6.45) is 13.0. The highest BCUT2D eigenvalue weighted by atomic mass is 14.8. The van der Waals surface area contributed by atoms with E-state index in [9.17, 15) is 0 Å². The number of nitrogens with one attached hydrogen (secondary N) is 1. The SMILES string of the molecule is C=C(/C=C\C)c1cccc(CNCC2=CC=CCC2)c1. The number of rotatable bonds is 6. The van der Waals surface area contributed by atoms with Gasteiger partial charge < -0.3 is 5.32 Å². The molecule has 1 N–H and O–H groups in total. The standard InChI is InChI=1S/C19H23N/c1-3-8-16(2)19-12-7-11-18(13-19)15-20-14-17-9-5-4-6-10-17/h3-5,7-9,11-13,20H,2,6,10,14-15H2,1H3/b8-3-. The Balaban J connectivity index is 1.89. The fraction of sp³-hybridized carbons (Fsp3) is 0.263. The minimum absolute atomic E-state index is 0.901. The molecule has 0 saturated carbocycles. The summed E-state index contributed by atoms with van der Waals surface area (Å²) >= 11 is 0. The number of benzene rings is 1. The van der Waals surface area contributed by atoms with Crippen molar-refractivity contribution in [3.05, 3.63) is 77.9 Å². The van der Waals surface area contributed by atoms with Crippen molar-refractivity contribution in [3.8, 4) is 0 Å². The highest BCUT2D eigenvalue weighted by Crippen LogP contribution is 2.16. The van der Waals surface area contributed by atoms with Crippen LogP contribution < -0.4 is 5.32 Å². The Morgan fingerprint density at radius 2 is 2.25 bits per heavy atom. The van der Waals surface area contributed by atoms with Gasteiger partial charge in [-0.3, -0.25) is 0 Å². The predicted octanol–water partition coefficient (Wildman–Crippen LogP) is 4.64. The van der Waals surface area contributed by atoms with Crippen LogP contribution in [0, 0.1) is 0 Å². The molecule has 1 heteroatoms. The average Bonchev–Trinajstić information content (AvgIpc) is 2.49. The Bertz CT molecular complexity index is 547. The third-order valence-corrected chi connectivity index (χ3v) is 3.45. The van der Waals surface area contributed by atoms with Crippen molar-refractivity contribution in [1.29, 1.82) is 0 Å². The summed E-state index contributed by atoms with van der Waals surface area (Å²) in [6.45, 7) is 7.98. The Labute approximate surface area is 122 Å². The quantitative estimate of drug-likeness (QED) is 0.739. The van der Waals surface area contributed by atoms with Gasteiger partial charge in [-0.15, -0.1) is 0 Å². The lowest BCUT2D eigenvalue weighted by molar-refractivity contribution is 0.715. The predicted molar refractivity (Wildman–Crippen MR) is 88.5 cm³/mol. The fourth-order valence-corrected chi connectivity index (χ4v) is 2.35. The van der Waals surface area contributed by atoms with Crippen LogP contribution in [0.5, 0.6) is 0 Å². The van der Waals surface area contributed by atoms with E-state index in [1.165, 1.54) is 29.5 Å². The van der Waals surface area contributed by atoms with E-state index >= 15 is 0 Å². The van der Waals surface area contributed by atoms with Crippen LogP contribution in [0.4, 0.5) is 0 Å². The first-order chi connectivity index (χ1) is 9.79. The van der Waals surface area contributed by atoms with Crippen molar-refractivity contribution in [1.82, 2.24) is 5.32 Å². The van der Waals surface area contributed by atoms with Gasteiger partial charge in [-0.25, -0.2) is 0 Å². The molecule has 0 aromatic heterocycles. The largest absolute Gasteiger partial charge is 0.309 e. The second-order valence-corrected chi connectivity index (χ2v) is 5.12. The molecule has 0 unspecified atom stereocenters. The lowest BCUT2D eigenvalue weighted by Gasteiger charge is -2.11. The third kappa shape index (κ3) is 4.36. The Kier molecular flexibility index (Phi) is 5.57. The molecule has 1 aromatic carbocycles.